The molecule has 0 saturated carbocycles. The molecule has 7 N–H and O–H groups in total. The first-order chi connectivity index (χ1) is 6.41. The Balaban J connectivity index is 0. The van der Waals surface area contributed by atoms with Gasteiger partial charge in [0.25, 0.3) is 0 Å². The average Bonchev–Trinajstić information content (AvgIpc) is 2.16. The van der Waals surface area contributed by atoms with Crippen molar-refractivity contribution in [2.75, 3.05) is 52.4 Å². The monoisotopic (exact) mass is 252 g/mol. The fraction of sp³-hybridized carbons (Fsp3) is 1.00. The molecule has 0 aliphatic rings. The molecule has 0 radical (unpaired) electrons. The average molecular weight is 253 g/mol. The molecule has 0 bridgehead atoms. The van der Waals surface area contributed by atoms with Crippen LogP contribution >= 0.6 is 0 Å². The predicted octanol–water partition coefficient (Wildman–Crippen LogP) is -2.33. The molecular weight excluding hydrogens is 230 g/mol. The van der Waals surface area contributed by atoms with E-state index in [9.17, 15) is 0 Å². The first-order valence-electron chi connectivity index (χ1n) is 4.94. The van der Waals surface area contributed by atoms with E-state index in [2.05, 4.69) is 16.0 Å². The first-order valence-corrected chi connectivity index (χ1v) is 4.94. The van der Waals surface area contributed by atoms with Crippen molar-refractivity contribution >= 4 is 0 Å². The molecule has 14 heavy (non-hydrogen) atoms. The van der Waals surface area contributed by atoms with Crippen molar-refractivity contribution < 1.29 is 17.1 Å². The number of hydrogen-bond acceptors (Lipinski definition) is 5. The Morgan fingerprint density at radius 2 is 0.857 bits per heavy atom. The zero-order chi connectivity index (χ0) is 9.78. The van der Waals surface area contributed by atoms with Gasteiger partial charge in [0, 0.05) is 52.4 Å². The third-order valence-electron chi connectivity index (χ3n) is 1.60. The van der Waals surface area contributed by atoms with Crippen molar-refractivity contribution in [3.63, 3.8) is 0 Å². The third-order valence-corrected chi connectivity index (χ3v) is 1.60. The molecule has 0 aliphatic carbocycles. The molecule has 0 aliphatic heterocycles. The van der Waals surface area contributed by atoms with E-state index >= 15 is 0 Å². The molecule has 0 heterocycles. The normalized spacial score (nSPS) is 9.86. The van der Waals surface area contributed by atoms with Crippen LogP contribution in [0.15, 0.2) is 0 Å². The number of hydrogen-bond donors (Lipinski definition) is 5. The third kappa shape index (κ3) is 14.8. The number of nitrogens with one attached hydrogen (secondary N) is 3. The standard InChI is InChI=1S/C8H23N5.Cu/c9-1-3-11-5-7-13-8-6-12-4-2-10;/h11-13H,1-10H2;/q;+1. The molecule has 0 atom stereocenters. The van der Waals surface area contributed by atoms with E-state index in [0.29, 0.717) is 13.1 Å². The molecule has 0 aromatic rings. The Bertz CT molecular complexity index is 83.8. The van der Waals surface area contributed by atoms with Crippen LogP contribution in [0.25, 0.3) is 0 Å². The van der Waals surface area contributed by atoms with Gasteiger partial charge in [0.15, 0.2) is 0 Å². The van der Waals surface area contributed by atoms with Gasteiger partial charge < -0.3 is 27.4 Å². The van der Waals surface area contributed by atoms with Crippen LogP contribution in [0.4, 0.5) is 0 Å². The smallest absolute Gasteiger partial charge is 0.329 e. The molecule has 0 saturated heterocycles. The Labute approximate surface area is 97.2 Å². The minimum Gasteiger partial charge on any atom is -0.329 e. The summed E-state index contributed by atoms with van der Waals surface area (Å²) in [5, 5.41) is 9.71. The van der Waals surface area contributed by atoms with Crippen molar-refractivity contribution in [1.29, 1.82) is 0 Å². The topological polar surface area (TPSA) is 88.1 Å². The van der Waals surface area contributed by atoms with Gasteiger partial charge in [-0.15, -0.1) is 0 Å². The van der Waals surface area contributed by atoms with Crippen LogP contribution in [-0.4, -0.2) is 52.4 Å². The second-order valence-corrected chi connectivity index (χ2v) is 2.83. The van der Waals surface area contributed by atoms with Gasteiger partial charge in [-0.25, -0.2) is 0 Å². The summed E-state index contributed by atoms with van der Waals surface area (Å²) in [6.07, 6.45) is 0. The van der Waals surface area contributed by atoms with E-state index in [1.54, 1.807) is 0 Å². The maximum Gasteiger partial charge on any atom is 1.00 e. The first kappa shape index (κ1) is 16.7. The van der Waals surface area contributed by atoms with Gasteiger partial charge in [0.2, 0.25) is 0 Å². The predicted molar refractivity (Wildman–Crippen MR) is 56.7 cm³/mol. The van der Waals surface area contributed by atoms with E-state index in [1.807, 2.05) is 0 Å². The number of nitrogens with two attached hydrogens (primary N) is 2. The van der Waals surface area contributed by atoms with Crippen molar-refractivity contribution in [1.82, 2.24) is 16.0 Å². The van der Waals surface area contributed by atoms with E-state index in [-0.39, 0.29) is 17.1 Å². The second-order valence-electron chi connectivity index (χ2n) is 2.83. The Kier molecular flexibility index (Phi) is 18.9. The van der Waals surface area contributed by atoms with Crippen LogP contribution < -0.4 is 27.4 Å². The van der Waals surface area contributed by atoms with Crippen LogP contribution in [-0.2, 0) is 17.1 Å². The molecule has 0 unspecified atom stereocenters. The second kappa shape index (κ2) is 15.8. The summed E-state index contributed by atoms with van der Waals surface area (Å²) in [5.41, 5.74) is 10.6. The van der Waals surface area contributed by atoms with Crippen LogP contribution in [0.3, 0.4) is 0 Å². The van der Waals surface area contributed by atoms with Crippen molar-refractivity contribution in [2.45, 2.75) is 0 Å². The summed E-state index contributed by atoms with van der Waals surface area (Å²) in [4.78, 5) is 0. The molecular formula is C8H23CuN5+. The fourth-order valence-electron chi connectivity index (χ4n) is 0.933. The van der Waals surface area contributed by atoms with Crippen LogP contribution in [0.2, 0.25) is 0 Å². The molecule has 0 amide bonds. The summed E-state index contributed by atoms with van der Waals surface area (Å²) in [6.45, 7) is 7.15. The van der Waals surface area contributed by atoms with E-state index in [0.717, 1.165) is 39.3 Å². The van der Waals surface area contributed by atoms with Gasteiger partial charge in [-0.1, -0.05) is 0 Å². The zero-order valence-corrected chi connectivity index (χ0v) is 9.55. The van der Waals surface area contributed by atoms with Crippen molar-refractivity contribution in [3.05, 3.63) is 0 Å². The number of rotatable bonds is 10. The molecule has 0 rings (SSSR count). The molecule has 0 spiro atoms. The Morgan fingerprint density at radius 3 is 1.14 bits per heavy atom. The van der Waals surface area contributed by atoms with Gasteiger partial charge in [-0.2, -0.15) is 0 Å². The summed E-state index contributed by atoms with van der Waals surface area (Å²) < 4.78 is 0. The zero-order valence-electron chi connectivity index (χ0n) is 8.61. The molecule has 5 nitrogen and oxygen atoms in total. The summed E-state index contributed by atoms with van der Waals surface area (Å²) >= 11 is 0. The maximum atomic E-state index is 5.32. The summed E-state index contributed by atoms with van der Waals surface area (Å²) in [6, 6.07) is 0. The Hall–Kier alpha value is 0.319. The van der Waals surface area contributed by atoms with Crippen LogP contribution in [0.5, 0.6) is 0 Å². The SMILES string of the molecule is NCCNCCNCCNCCN.[Cu+]. The van der Waals surface area contributed by atoms with Crippen LogP contribution in [0.1, 0.15) is 0 Å². The van der Waals surface area contributed by atoms with E-state index in [1.165, 1.54) is 0 Å². The quantitative estimate of drug-likeness (QED) is 0.222. The molecule has 90 valence electrons. The van der Waals surface area contributed by atoms with E-state index in [4.69, 9.17) is 11.5 Å². The van der Waals surface area contributed by atoms with Gasteiger partial charge in [-0.3, -0.25) is 0 Å². The molecule has 6 heteroatoms. The van der Waals surface area contributed by atoms with Gasteiger partial charge >= 0.3 is 17.1 Å². The van der Waals surface area contributed by atoms with Gasteiger partial charge in [0.05, 0.1) is 0 Å². The summed E-state index contributed by atoms with van der Waals surface area (Å²) in [7, 11) is 0. The van der Waals surface area contributed by atoms with Crippen LogP contribution in [0, 0.1) is 0 Å². The minimum absolute atomic E-state index is 0. The molecule has 0 aromatic carbocycles. The van der Waals surface area contributed by atoms with E-state index < -0.39 is 0 Å². The largest absolute Gasteiger partial charge is 1.00 e. The van der Waals surface area contributed by atoms with Gasteiger partial charge in [-0.05, 0) is 0 Å². The molecule has 0 aromatic heterocycles. The molecule has 0 fully saturated rings. The van der Waals surface area contributed by atoms with Gasteiger partial charge in [0.1, 0.15) is 0 Å². The minimum atomic E-state index is 0. The Morgan fingerprint density at radius 1 is 0.571 bits per heavy atom. The maximum absolute atomic E-state index is 5.32. The fourth-order valence-corrected chi connectivity index (χ4v) is 0.933. The van der Waals surface area contributed by atoms with Crippen molar-refractivity contribution in [3.8, 4) is 0 Å². The summed E-state index contributed by atoms with van der Waals surface area (Å²) in [5.74, 6) is 0. The van der Waals surface area contributed by atoms with Crippen molar-refractivity contribution in [2.24, 2.45) is 11.5 Å².